The van der Waals surface area contributed by atoms with Crippen LogP contribution in [0.3, 0.4) is 0 Å². The first kappa shape index (κ1) is 13.1. The Balaban J connectivity index is 2.09. The van der Waals surface area contributed by atoms with E-state index in [1.54, 1.807) is 30.3 Å². The molecule has 0 atom stereocenters. The molecule has 2 aromatic carbocycles. The van der Waals surface area contributed by atoms with E-state index in [1.807, 2.05) is 19.9 Å². The van der Waals surface area contributed by atoms with Gasteiger partial charge in [-0.25, -0.2) is 9.18 Å². The van der Waals surface area contributed by atoms with Crippen LogP contribution in [-0.4, -0.2) is 6.09 Å². The van der Waals surface area contributed by atoms with Gasteiger partial charge in [0.25, 0.3) is 0 Å². The van der Waals surface area contributed by atoms with Crippen LogP contribution < -0.4 is 10.1 Å². The molecule has 0 aliphatic carbocycles. The highest BCUT2D eigenvalue weighted by Crippen LogP contribution is 2.20. The number of benzene rings is 2. The molecular weight excluding hydrogens is 245 g/mol. The number of amides is 1. The average Bonchev–Trinajstić information content (AvgIpc) is 2.37. The molecule has 0 aliphatic rings. The number of halogens is 1. The van der Waals surface area contributed by atoms with Gasteiger partial charge in [0.15, 0.2) is 0 Å². The minimum atomic E-state index is -0.714. The number of aryl methyl sites for hydroxylation is 2. The van der Waals surface area contributed by atoms with Gasteiger partial charge < -0.3 is 4.74 Å². The Morgan fingerprint density at radius 2 is 1.74 bits per heavy atom. The summed E-state index contributed by atoms with van der Waals surface area (Å²) >= 11 is 0. The summed E-state index contributed by atoms with van der Waals surface area (Å²) in [5.41, 5.74) is 1.85. The molecule has 0 bridgehead atoms. The first-order chi connectivity index (χ1) is 9.06. The number of anilines is 1. The topological polar surface area (TPSA) is 38.3 Å². The Kier molecular flexibility index (Phi) is 3.80. The van der Waals surface area contributed by atoms with Crippen LogP contribution >= 0.6 is 0 Å². The smallest absolute Gasteiger partial charge is 0.410 e. The van der Waals surface area contributed by atoms with E-state index in [4.69, 9.17) is 4.74 Å². The van der Waals surface area contributed by atoms with Gasteiger partial charge in [-0.2, -0.15) is 0 Å². The van der Waals surface area contributed by atoms with Crippen molar-refractivity contribution in [3.8, 4) is 5.75 Å². The van der Waals surface area contributed by atoms with Crippen molar-refractivity contribution >= 4 is 11.8 Å². The van der Waals surface area contributed by atoms with Gasteiger partial charge in [0.2, 0.25) is 0 Å². The number of hydrogen-bond donors (Lipinski definition) is 1. The largest absolute Gasteiger partial charge is 0.417 e. The van der Waals surface area contributed by atoms with Gasteiger partial charge in [-0.3, -0.25) is 5.32 Å². The zero-order valence-electron chi connectivity index (χ0n) is 10.7. The molecule has 1 N–H and O–H groups in total. The molecule has 0 heterocycles. The van der Waals surface area contributed by atoms with Gasteiger partial charge in [-0.15, -0.1) is 0 Å². The van der Waals surface area contributed by atoms with Crippen LogP contribution in [0.5, 0.6) is 5.75 Å². The third-order valence-corrected chi connectivity index (χ3v) is 2.77. The number of hydrogen-bond acceptors (Lipinski definition) is 2. The van der Waals surface area contributed by atoms with Crippen molar-refractivity contribution in [3.05, 3.63) is 59.4 Å². The fourth-order valence-electron chi connectivity index (χ4n) is 1.61. The fraction of sp³-hybridized carbons (Fsp3) is 0.133. The number of carbonyl (C=O) groups is 1. The maximum Gasteiger partial charge on any atom is 0.417 e. The molecule has 1 amide bonds. The van der Waals surface area contributed by atoms with Crippen LogP contribution in [0, 0.1) is 19.7 Å². The van der Waals surface area contributed by atoms with E-state index >= 15 is 0 Å². The predicted molar refractivity (Wildman–Crippen MR) is 72.0 cm³/mol. The molecular formula is C15H14FNO2. The van der Waals surface area contributed by atoms with E-state index in [0.29, 0.717) is 5.75 Å². The van der Waals surface area contributed by atoms with Crippen LogP contribution in [0.1, 0.15) is 11.1 Å². The van der Waals surface area contributed by atoms with Crippen molar-refractivity contribution in [2.24, 2.45) is 0 Å². The van der Waals surface area contributed by atoms with Crippen molar-refractivity contribution in [1.29, 1.82) is 0 Å². The maximum atomic E-state index is 13.7. The molecule has 0 saturated carbocycles. The van der Waals surface area contributed by atoms with Crippen LogP contribution in [0.4, 0.5) is 14.9 Å². The van der Waals surface area contributed by atoms with E-state index in [9.17, 15) is 9.18 Å². The molecule has 0 aliphatic heterocycles. The Morgan fingerprint density at radius 3 is 2.42 bits per heavy atom. The van der Waals surface area contributed by atoms with E-state index < -0.39 is 11.9 Å². The van der Waals surface area contributed by atoms with Crippen molar-refractivity contribution in [2.45, 2.75) is 13.8 Å². The summed E-state index contributed by atoms with van der Waals surface area (Å²) in [6.45, 7) is 3.66. The van der Waals surface area contributed by atoms with Crippen molar-refractivity contribution < 1.29 is 13.9 Å². The van der Waals surface area contributed by atoms with Crippen LogP contribution in [0.25, 0.3) is 0 Å². The van der Waals surface area contributed by atoms with Gasteiger partial charge in [0, 0.05) is 0 Å². The zero-order chi connectivity index (χ0) is 13.8. The summed E-state index contributed by atoms with van der Waals surface area (Å²) < 4.78 is 18.7. The Morgan fingerprint density at radius 1 is 1.11 bits per heavy atom. The summed E-state index contributed by atoms with van der Waals surface area (Å²) in [5.74, 6) is -0.0719. The molecule has 2 aromatic rings. The number of ether oxygens (including phenoxy) is 1. The van der Waals surface area contributed by atoms with Gasteiger partial charge in [0.1, 0.15) is 11.6 Å². The molecule has 19 heavy (non-hydrogen) atoms. The zero-order valence-corrected chi connectivity index (χ0v) is 10.7. The summed E-state index contributed by atoms with van der Waals surface area (Å²) in [6, 6.07) is 11.6. The molecule has 4 heteroatoms. The minimum Gasteiger partial charge on any atom is -0.410 e. The fourth-order valence-corrected chi connectivity index (χ4v) is 1.61. The number of carbonyl (C=O) groups excluding carboxylic acids is 1. The summed E-state index contributed by atoms with van der Waals surface area (Å²) in [5, 5.41) is 2.39. The van der Waals surface area contributed by atoms with Gasteiger partial charge in [-0.1, -0.05) is 18.2 Å². The summed E-state index contributed by atoms with van der Waals surface area (Å²) in [6.07, 6.45) is -0.714. The van der Waals surface area contributed by atoms with Crippen molar-refractivity contribution in [1.82, 2.24) is 0 Å². The summed E-state index contributed by atoms with van der Waals surface area (Å²) in [4.78, 5) is 11.6. The van der Waals surface area contributed by atoms with Crippen LogP contribution in [0.2, 0.25) is 0 Å². The van der Waals surface area contributed by atoms with Gasteiger partial charge in [0.05, 0.1) is 5.69 Å². The van der Waals surface area contributed by atoms with Crippen LogP contribution in [0.15, 0.2) is 42.5 Å². The monoisotopic (exact) mass is 259 g/mol. The third kappa shape index (κ3) is 3.31. The number of para-hydroxylation sites is 1. The van der Waals surface area contributed by atoms with Gasteiger partial charge in [-0.05, 0) is 49.2 Å². The lowest BCUT2D eigenvalue weighted by Crippen LogP contribution is -2.17. The molecule has 0 radical (unpaired) electrons. The maximum absolute atomic E-state index is 13.7. The van der Waals surface area contributed by atoms with E-state index in [2.05, 4.69) is 5.32 Å². The third-order valence-electron chi connectivity index (χ3n) is 2.77. The van der Waals surface area contributed by atoms with Crippen molar-refractivity contribution in [3.63, 3.8) is 0 Å². The van der Waals surface area contributed by atoms with Crippen molar-refractivity contribution in [2.75, 3.05) is 5.32 Å². The summed E-state index contributed by atoms with van der Waals surface area (Å²) in [7, 11) is 0. The standard InChI is InChI=1S/C15H14FNO2/c1-10-8-13(16)14(9-11(10)2)17-15(18)19-12-6-4-3-5-7-12/h3-9H,1-2H3,(H,17,18). The Hall–Kier alpha value is -2.36. The second-order valence-electron chi connectivity index (χ2n) is 4.24. The molecule has 0 fully saturated rings. The Bertz CT molecular complexity index is 597. The lowest BCUT2D eigenvalue weighted by molar-refractivity contribution is 0.215. The second kappa shape index (κ2) is 5.52. The first-order valence-corrected chi connectivity index (χ1v) is 5.87. The van der Waals surface area contributed by atoms with E-state index in [1.165, 1.54) is 6.07 Å². The molecule has 2 rings (SSSR count). The normalized spacial score (nSPS) is 10.1. The number of nitrogens with one attached hydrogen (secondary N) is 1. The SMILES string of the molecule is Cc1cc(F)c(NC(=O)Oc2ccccc2)cc1C. The Labute approximate surface area is 111 Å². The molecule has 0 saturated heterocycles. The van der Waals surface area contributed by atoms with Crippen LogP contribution in [-0.2, 0) is 0 Å². The minimum absolute atomic E-state index is 0.115. The molecule has 0 unspecified atom stereocenters. The van der Waals surface area contributed by atoms with E-state index in [-0.39, 0.29) is 5.69 Å². The molecule has 3 nitrogen and oxygen atoms in total. The lowest BCUT2D eigenvalue weighted by Gasteiger charge is -2.09. The lowest BCUT2D eigenvalue weighted by atomic mass is 10.1. The van der Waals surface area contributed by atoms with Gasteiger partial charge >= 0.3 is 6.09 Å². The second-order valence-corrected chi connectivity index (χ2v) is 4.24. The highest BCUT2D eigenvalue weighted by Gasteiger charge is 2.10. The van der Waals surface area contributed by atoms with E-state index in [0.717, 1.165) is 11.1 Å². The molecule has 0 aromatic heterocycles. The number of rotatable bonds is 2. The first-order valence-electron chi connectivity index (χ1n) is 5.87. The highest BCUT2D eigenvalue weighted by atomic mass is 19.1. The molecule has 98 valence electrons. The molecule has 0 spiro atoms. The highest BCUT2D eigenvalue weighted by molar-refractivity contribution is 5.86. The average molecular weight is 259 g/mol. The predicted octanol–water partition coefficient (Wildman–Crippen LogP) is 4.05. The quantitative estimate of drug-likeness (QED) is 0.883.